The van der Waals surface area contributed by atoms with E-state index in [0.29, 0.717) is 11.3 Å². The average molecular weight is 283 g/mol. The van der Waals surface area contributed by atoms with Crippen molar-refractivity contribution in [3.05, 3.63) is 35.1 Å². The number of aromatic nitrogens is 2. The Balaban J connectivity index is 2.10. The van der Waals surface area contributed by atoms with Crippen molar-refractivity contribution in [3.8, 4) is 0 Å². The first-order valence-electron chi connectivity index (χ1n) is 5.67. The van der Waals surface area contributed by atoms with Gasteiger partial charge in [0.2, 0.25) is 0 Å². The molecule has 1 heterocycles. The van der Waals surface area contributed by atoms with Crippen LogP contribution in [0.2, 0.25) is 0 Å². The monoisotopic (exact) mass is 283 g/mol. The van der Waals surface area contributed by atoms with Crippen molar-refractivity contribution >= 4 is 23.1 Å². The maximum Gasteiger partial charge on any atom is 0.178 e. The van der Waals surface area contributed by atoms with Crippen LogP contribution in [0.4, 0.5) is 4.39 Å². The molecule has 0 amide bonds. The topological polar surface area (TPSA) is 51.8 Å². The lowest BCUT2D eigenvalue weighted by atomic mass is 10.0. The summed E-state index contributed by atoms with van der Waals surface area (Å²) in [4.78, 5) is 0.570. The molecule has 2 rings (SSSR count). The molecule has 2 aromatic rings. The molecule has 2 N–H and O–H groups in total. The quantitative estimate of drug-likeness (QED) is 0.916. The minimum Gasteiger partial charge on any atom is -0.327 e. The highest BCUT2D eigenvalue weighted by Crippen LogP contribution is 2.31. The molecule has 18 heavy (non-hydrogen) atoms. The highest BCUT2D eigenvalue weighted by atomic mass is 32.2. The number of nitrogens with two attached hydrogens (primary N) is 1. The zero-order chi connectivity index (χ0) is 13.0. The van der Waals surface area contributed by atoms with Gasteiger partial charge in [-0.15, -0.1) is 10.2 Å². The van der Waals surface area contributed by atoms with Crippen LogP contribution in [0.3, 0.4) is 0 Å². The fourth-order valence-electron chi connectivity index (χ4n) is 1.50. The van der Waals surface area contributed by atoms with E-state index in [1.807, 2.05) is 13.0 Å². The lowest BCUT2D eigenvalue weighted by molar-refractivity contribution is 0.593. The zero-order valence-electron chi connectivity index (χ0n) is 9.97. The zero-order valence-corrected chi connectivity index (χ0v) is 11.6. The molecule has 0 bridgehead atoms. The Morgan fingerprint density at radius 2 is 2.33 bits per heavy atom. The van der Waals surface area contributed by atoms with Gasteiger partial charge in [-0.05, 0) is 30.5 Å². The SMILES string of the molecule is CCC(N)Cc1ccc(Sc2nncs2)c(F)c1. The molecule has 1 aromatic heterocycles. The van der Waals surface area contributed by atoms with Crippen LogP contribution in [0.15, 0.2) is 32.9 Å². The summed E-state index contributed by atoms with van der Waals surface area (Å²) in [5.74, 6) is -0.226. The Labute approximate surface area is 114 Å². The van der Waals surface area contributed by atoms with Crippen molar-refractivity contribution in [1.82, 2.24) is 10.2 Å². The number of benzene rings is 1. The molecule has 6 heteroatoms. The molecule has 96 valence electrons. The number of nitrogens with zero attached hydrogens (tertiary/aromatic N) is 2. The molecule has 1 aromatic carbocycles. The Morgan fingerprint density at radius 3 is 2.94 bits per heavy atom. The molecule has 0 radical (unpaired) electrons. The smallest absolute Gasteiger partial charge is 0.178 e. The number of hydrogen-bond donors (Lipinski definition) is 1. The van der Waals surface area contributed by atoms with Crippen LogP contribution in [-0.2, 0) is 6.42 Å². The number of hydrogen-bond acceptors (Lipinski definition) is 5. The third kappa shape index (κ3) is 3.51. The largest absolute Gasteiger partial charge is 0.327 e. The van der Waals surface area contributed by atoms with Gasteiger partial charge in [0.15, 0.2) is 4.34 Å². The van der Waals surface area contributed by atoms with Gasteiger partial charge in [-0.2, -0.15) is 0 Å². The predicted octanol–water partition coefficient (Wildman–Crippen LogP) is 3.11. The minimum atomic E-state index is -0.226. The van der Waals surface area contributed by atoms with Gasteiger partial charge in [0.05, 0.1) is 4.90 Å². The third-order valence-corrected chi connectivity index (χ3v) is 4.38. The molecule has 1 unspecified atom stereocenters. The van der Waals surface area contributed by atoms with E-state index in [1.54, 1.807) is 17.6 Å². The first-order chi connectivity index (χ1) is 8.69. The van der Waals surface area contributed by atoms with Crippen LogP contribution in [0.5, 0.6) is 0 Å². The van der Waals surface area contributed by atoms with Gasteiger partial charge in [-0.25, -0.2) is 4.39 Å². The normalized spacial score (nSPS) is 12.6. The summed E-state index contributed by atoms with van der Waals surface area (Å²) in [7, 11) is 0. The van der Waals surface area contributed by atoms with Gasteiger partial charge in [-0.3, -0.25) is 0 Å². The third-order valence-electron chi connectivity index (χ3n) is 2.56. The highest BCUT2D eigenvalue weighted by Gasteiger charge is 2.09. The van der Waals surface area contributed by atoms with Crippen LogP contribution >= 0.6 is 23.1 Å². The predicted molar refractivity (Wildman–Crippen MR) is 72.4 cm³/mol. The Hall–Kier alpha value is -0.980. The van der Waals surface area contributed by atoms with E-state index >= 15 is 0 Å². The van der Waals surface area contributed by atoms with Crippen molar-refractivity contribution in [2.24, 2.45) is 5.73 Å². The molecule has 0 aliphatic heterocycles. The molecule has 0 aliphatic rings. The maximum absolute atomic E-state index is 13.9. The van der Waals surface area contributed by atoms with E-state index in [2.05, 4.69) is 10.2 Å². The average Bonchev–Trinajstić information content (AvgIpc) is 2.85. The summed E-state index contributed by atoms with van der Waals surface area (Å²) in [5.41, 5.74) is 8.43. The standard InChI is InChI=1S/C12H14FN3S2/c1-2-9(14)5-8-3-4-11(10(13)6-8)18-12-16-15-7-17-12/h3-4,6-7,9H,2,5,14H2,1H3. The lowest BCUT2D eigenvalue weighted by Crippen LogP contribution is -2.21. The van der Waals surface area contributed by atoms with Gasteiger partial charge in [0.1, 0.15) is 11.3 Å². The minimum absolute atomic E-state index is 0.0889. The summed E-state index contributed by atoms with van der Waals surface area (Å²) in [6.07, 6.45) is 1.60. The van der Waals surface area contributed by atoms with Gasteiger partial charge >= 0.3 is 0 Å². The summed E-state index contributed by atoms with van der Waals surface area (Å²) >= 11 is 2.69. The van der Waals surface area contributed by atoms with Gasteiger partial charge in [0.25, 0.3) is 0 Å². The molecular weight excluding hydrogens is 269 g/mol. The second-order valence-corrected chi connectivity index (χ2v) is 6.07. The van der Waals surface area contributed by atoms with Gasteiger partial charge < -0.3 is 5.73 Å². The highest BCUT2D eigenvalue weighted by molar-refractivity contribution is 8.01. The molecule has 0 aliphatic carbocycles. The molecule has 0 fully saturated rings. The molecule has 0 spiro atoms. The first kappa shape index (κ1) is 13.5. The summed E-state index contributed by atoms with van der Waals surface area (Å²) < 4.78 is 14.6. The van der Waals surface area contributed by atoms with E-state index < -0.39 is 0 Å². The van der Waals surface area contributed by atoms with Crippen LogP contribution < -0.4 is 5.73 Å². The molecule has 0 saturated heterocycles. The van der Waals surface area contributed by atoms with Crippen LogP contribution in [0, 0.1) is 5.82 Å². The summed E-state index contributed by atoms with van der Waals surface area (Å²) in [5, 5.41) is 7.61. The van der Waals surface area contributed by atoms with Gasteiger partial charge in [-0.1, -0.05) is 36.1 Å². The van der Waals surface area contributed by atoms with Crippen LogP contribution in [-0.4, -0.2) is 16.2 Å². The maximum atomic E-state index is 13.9. The van der Waals surface area contributed by atoms with E-state index in [4.69, 9.17) is 5.73 Å². The fraction of sp³-hybridized carbons (Fsp3) is 0.333. The number of rotatable bonds is 5. The van der Waals surface area contributed by atoms with Crippen LogP contribution in [0.25, 0.3) is 0 Å². The Kier molecular flexibility index (Phi) is 4.68. The first-order valence-corrected chi connectivity index (χ1v) is 7.36. The second kappa shape index (κ2) is 6.26. The lowest BCUT2D eigenvalue weighted by Gasteiger charge is -2.09. The Morgan fingerprint density at radius 1 is 1.50 bits per heavy atom. The van der Waals surface area contributed by atoms with Crippen molar-refractivity contribution in [3.63, 3.8) is 0 Å². The second-order valence-electron chi connectivity index (χ2n) is 3.94. The summed E-state index contributed by atoms with van der Waals surface area (Å²) in [6.45, 7) is 2.03. The van der Waals surface area contributed by atoms with Crippen molar-refractivity contribution < 1.29 is 4.39 Å². The van der Waals surface area contributed by atoms with Crippen molar-refractivity contribution in [1.29, 1.82) is 0 Å². The summed E-state index contributed by atoms with van der Waals surface area (Å²) in [6, 6.07) is 5.34. The van der Waals surface area contributed by atoms with Crippen LogP contribution in [0.1, 0.15) is 18.9 Å². The van der Waals surface area contributed by atoms with Crippen molar-refractivity contribution in [2.75, 3.05) is 0 Å². The van der Waals surface area contributed by atoms with E-state index in [9.17, 15) is 4.39 Å². The molecule has 3 nitrogen and oxygen atoms in total. The molecule has 1 atom stereocenters. The molecule has 0 saturated carbocycles. The number of halogens is 1. The molecular formula is C12H14FN3S2. The Bertz CT molecular complexity index is 502. The van der Waals surface area contributed by atoms with Gasteiger partial charge in [0, 0.05) is 6.04 Å². The fourth-order valence-corrected chi connectivity index (χ4v) is 2.94. The van der Waals surface area contributed by atoms with E-state index in [-0.39, 0.29) is 11.9 Å². The van der Waals surface area contributed by atoms with E-state index in [1.165, 1.54) is 23.1 Å². The van der Waals surface area contributed by atoms with E-state index in [0.717, 1.165) is 16.3 Å². The van der Waals surface area contributed by atoms with Crippen molar-refractivity contribution in [2.45, 2.75) is 35.0 Å².